The first-order valence-corrected chi connectivity index (χ1v) is 15.0. The summed E-state index contributed by atoms with van der Waals surface area (Å²) in [4.78, 5) is 7.14. The Morgan fingerprint density at radius 1 is 0.610 bits per heavy atom. The van der Waals surface area contributed by atoms with E-state index < -0.39 is 0 Å². The van der Waals surface area contributed by atoms with Crippen molar-refractivity contribution < 1.29 is 50.7 Å². The number of aryl methyl sites for hydroxylation is 6. The van der Waals surface area contributed by atoms with Crippen LogP contribution in [0.5, 0.6) is 0 Å². The molecule has 0 unspecified atom stereocenters. The number of hydrogen-bond acceptors (Lipinski definition) is 4. The fourth-order valence-electron chi connectivity index (χ4n) is 5.33. The van der Waals surface area contributed by atoms with Gasteiger partial charge in [-0.3, -0.25) is 9.88 Å². The number of benzene rings is 2. The van der Waals surface area contributed by atoms with Gasteiger partial charge in [-0.05, 0) is 84.0 Å². The van der Waals surface area contributed by atoms with Crippen LogP contribution in [-0.4, -0.2) is 36.1 Å². The maximum absolute atomic E-state index is 4.62. The van der Waals surface area contributed by atoms with Gasteiger partial charge in [0.25, 0.3) is 0 Å². The first kappa shape index (κ1) is 39.6. The molecule has 41 heavy (non-hydrogen) atoms. The molecule has 1 aromatic heterocycles. The van der Waals surface area contributed by atoms with Crippen molar-refractivity contribution in [2.45, 2.75) is 86.6 Å². The normalized spacial score (nSPS) is 10.4. The fourth-order valence-corrected chi connectivity index (χ4v) is 5.33. The summed E-state index contributed by atoms with van der Waals surface area (Å²) in [7, 11) is 0. The third kappa shape index (κ3) is 11.7. The predicted molar refractivity (Wildman–Crippen MR) is 166 cm³/mol. The van der Waals surface area contributed by atoms with Crippen LogP contribution in [0.15, 0.2) is 48.7 Å². The number of rotatable bonds is 16. The molecule has 0 aliphatic rings. The molecule has 0 saturated heterocycles. The first-order chi connectivity index (χ1) is 18.6. The zero-order chi connectivity index (χ0) is 27.3. The van der Waals surface area contributed by atoms with Gasteiger partial charge >= 0.3 is 16.8 Å². The number of pyridine rings is 1. The van der Waals surface area contributed by atoms with Crippen molar-refractivity contribution in [1.29, 1.82) is 0 Å². The van der Waals surface area contributed by atoms with Crippen molar-refractivity contribution in [3.8, 4) is 0 Å². The maximum atomic E-state index is 4.62. The van der Waals surface area contributed by atoms with Crippen LogP contribution in [0.2, 0.25) is 0 Å². The molecule has 0 amide bonds. The van der Waals surface area contributed by atoms with E-state index in [1.165, 1.54) is 44.8 Å². The smallest absolute Gasteiger partial charge is 1.00 e. The summed E-state index contributed by atoms with van der Waals surface area (Å²) in [5.74, 6) is 0. The van der Waals surface area contributed by atoms with Gasteiger partial charge in [-0.25, -0.2) is 0 Å². The second-order valence-corrected chi connectivity index (χ2v) is 10.2. The summed E-state index contributed by atoms with van der Waals surface area (Å²) in [6.45, 7) is 18.2. The summed E-state index contributed by atoms with van der Waals surface area (Å²) in [5.41, 5.74) is 12.5. The van der Waals surface area contributed by atoms with Crippen LogP contribution < -0.4 is 44.6 Å². The van der Waals surface area contributed by atoms with E-state index >= 15 is 0 Å². The molecule has 4 nitrogen and oxygen atoms in total. The Balaban J connectivity index is 0.00000533. The van der Waals surface area contributed by atoms with E-state index in [0.29, 0.717) is 0 Å². The average Bonchev–Trinajstić information content (AvgIpc) is 2.97. The van der Waals surface area contributed by atoms with Crippen LogP contribution in [0.25, 0.3) is 0 Å². The molecule has 3 rings (SSSR count). The predicted octanol–water partition coefficient (Wildman–Crippen LogP) is 1.49. The van der Waals surface area contributed by atoms with Crippen molar-refractivity contribution in [2.75, 3.05) is 36.8 Å². The Bertz CT molecular complexity index is 1020. The topological polar surface area (TPSA) is 40.2 Å². The van der Waals surface area contributed by atoms with E-state index in [1.54, 1.807) is 0 Å². The Morgan fingerprint density at radius 3 is 1.34 bits per heavy atom. The largest absolute Gasteiger partial charge is 2.00 e. The van der Waals surface area contributed by atoms with Crippen molar-refractivity contribution in [3.05, 3.63) is 87.7 Å². The molecule has 0 bridgehead atoms. The summed E-state index contributed by atoms with van der Waals surface area (Å²) in [5, 5.41) is 7.65. The van der Waals surface area contributed by atoms with Gasteiger partial charge in [0.1, 0.15) is 0 Å². The van der Waals surface area contributed by atoms with Gasteiger partial charge in [0.15, 0.2) is 0 Å². The quantitative estimate of drug-likeness (QED) is 0.235. The molecular formula is C34H50Br2CoN4. The summed E-state index contributed by atoms with van der Waals surface area (Å²) >= 11 is 0. The molecule has 0 saturated carbocycles. The van der Waals surface area contributed by atoms with Crippen molar-refractivity contribution >= 4 is 11.4 Å². The monoisotopic (exact) mass is 731 g/mol. The minimum absolute atomic E-state index is 0. The minimum Gasteiger partial charge on any atom is -1.00 e. The summed E-state index contributed by atoms with van der Waals surface area (Å²) in [6, 6.07) is 15.8. The van der Waals surface area contributed by atoms with Gasteiger partial charge < -0.3 is 44.6 Å². The Labute approximate surface area is 281 Å². The van der Waals surface area contributed by atoms with Crippen molar-refractivity contribution in [1.82, 2.24) is 9.88 Å². The number of anilines is 2. The molecule has 0 aliphatic carbocycles. The molecule has 7 heteroatoms. The molecule has 0 atom stereocenters. The third-order valence-corrected chi connectivity index (χ3v) is 7.63. The van der Waals surface area contributed by atoms with Crippen LogP contribution in [0.3, 0.4) is 0 Å². The molecule has 0 spiro atoms. The zero-order valence-corrected chi connectivity index (χ0v) is 30.1. The molecule has 0 aliphatic heterocycles. The number of hydrogen-bond donors (Lipinski definition) is 2. The van der Waals surface area contributed by atoms with Crippen LogP contribution in [0.4, 0.5) is 11.4 Å². The maximum Gasteiger partial charge on any atom is 2.00 e. The van der Waals surface area contributed by atoms with Crippen molar-refractivity contribution in [2.24, 2.45) is 0 Å². The van der Waals surface area contributed by atoms with E-state index in [1.807, 2.05) is 12.3 Å². The van der Waals surface area contributed by atoms with E-state index in [4.69, 9.17) is 0 Å². The molecule has 229 valence electrons. The van der Waals surface area contributed by atoms with Gasteiger partial charge in [0.2, 0.25) is 0 Å². The number of aromatic nitrogens is 1. The molecule has 2 N–H and O–H groups in total. The van der Waals surface area contributed by atoms with Crippen LogP contribution >= 0.6 is 0 Å². The van der Waals surface area contributed by atoms with E-state index in [-0.39, 0.29) is 50.7 Å². The van der Waals surface area contributed by atoms with Gasteiger partial charge in [0.05, 0.1) is 5.69 Å². The number of nitrogens with zero attached hydrogens (tertiary/aromatic N) is 2. The molecule has 1 radical (unpaired) electrons. The SMILES string of the molecule is CCc1cc(CC)c(NCCN(CCNc2c(CC)cc(CC)cc2CC)Cc2ccccn2)c(CC)c1.[Br-].[Br-].[Co+2]. The minimum atomic E-state index is 0. The summed E-state index contributed by atoms with van der Waals surface area (Å²) in [6.07, 6.45) is 8.30. The number of halogens is 2. The van der Waals surface area contributed by atoms with E-state index in [2.05, 4.69) is 98.5 Å². The third-order valence-electron chi connectivity index (χ3n) is 7.63. The van der Waals surface area contributed by atoms with Gasteiger partial charge in [-0.15, -0.1) is 0 Å². The Hall–Kier alpha value is -1.38. The second-order valence-electron chi connectivity index (χ2n) is 10.2. The Morgan fingerprint density at radius 2 is 1.02 bits per heavy atom. The van der Waals surface area contributed by atoms with Gasteiger partial charge in [0, 0.05) is 50.3 Å². The molecule has 3 aromatic rings. The molecule has 0 fully saturated rings. The van der Waals surface area contributed by atoms with E-state index in [9.17, 15) is 0 Å². The standard InChI is InChI=1S/C34H50N4.2BrH.Co/c1-7-26-21-28(9-3)33(29(10-4)22-26)36-17-19-38(25-32-15-13-14-16-35-32)20-18-37-34-30(11-5)23-27(8-2)24-31(34)12-6;;;/h13-16,21-24,36-37H,7-12,17-20,25H2,1-6H3;2*1H;/q;;;+2/p-2. The van der Waals surface area contributed by atoms with E-state index in [0.717, 1.165) is 76.9 Å². The van der Waals surface area contributed by atoms with Crippen LogP contribution in [-0.2, 0) is 61.8 Å². The second kappa shape index (κ2) is 21.3. The molecular weight excluding hydrogens is 683 g/mol. The van der Waals surface area contributed by atoms with Crippen LogP contribution in [0, 0.1) is 0 Å². The fraction of sp³-hybridized carbons (Fsp3) is 0.500. The van der Waals surface area contributed by atoms with Crippen molar-refractivity contribution in [3.63, 3.8) is 0 Å². The van der Waals surface area contributed by atoms with Gasteiger partial charge in [-0.1, -0.05) is 71.9 Å². The zero-order valence-electron chi connectivity index (χ0n) is 25.9. The molecule has 1 heterocycles. The first-order valence-electron chi connectivity index (χ1n) is 15.0. The van der Waals surface area contributed by atoms with Crippen LogP contribution in [0.1, 0.15) is 80.6 Å². The number of nitrogens with one attached hydrogen (secondary N) is 2. The molecule has 2 aromatic carbocycles. The van der Waals surface area contributed by atoms with Gasteiger partial charge in [-0.2, -0.15) is 0 Å². The average molecular weight is 734 g/mol. The Kier molecular flexibility index (Phi) is 20.6. The summed E-state index contributed by atoms with van der Waals surface area (Å²) < 4.78 is 0.